The number of hydrogen-bond acceptors (Lipinski definition) is 5. The Morgan fingerprint density at radius 2 is 0.831 bits per heavy atom. The summed E-state index contributed by atoms with van der Waals surface area (Å²) in [6.45, 7) is 29.9. The second-order valence-electron chi connectivity index (χ2n) is 27.2. The van der Waals surface area contributed by atoms with E-state index in [-0.39, 0.29) is 28.5 Å². The second-order valence-corrected chi connectivity index (χ2v) is 29.3. The molecule has 0 atom stereocenters. The van der Waals surface area contributed by atoms with E-state index >= 15 is 0 Å². The van der Waals surface area contributed by atoms with E-state index in [4.69, 9.17) is 0 Å². The van der Waals surface area contributed by atoms with Gasteiger partial charge in [-0.3, -0.25) is 0 Å². The number of nitrogens with zero attached hydrogens (tertiary/aromatic N) is 3. The molecular weight excluding hydrogens is 1040 g/mol. The van der Waals surface area contributed by atoms with Gasteiger partial charge in [0.05, 0.1) is 5.69 Å². The highest BCUT2D eigenvalue weighted by Crippen LogP contribution is 2.55. The molecule has 6 heteroatoms. The molecule has 3 aliphatic heterocycles. The van der Waals surface area contributed by atoms with Gasteiger partial charge in [-0.2, -0.15) is 0 Å². The molecule has 0 spiro atoms. The number of aryl methyl sites for hydroxylation is 1. The monoisotopic (exact) mass is 1120 g/mol. The van der Waals surface area contributed by atoms with Crippen LogP contribution < -0.4 is 25.5 Å². The molecule has 0 aliphatic carbocycles. The first kappa shape index (κ1) is 54.6. The van der Waals surface area contributed by atoms with Gasteiger partial charge in [-0.25, -0.2) is 0 Å². The third-order valence-electron chi connectivity index (χ3n) is 17.2. The molecule has 3 nitrogen and oxygen atoms in total. The van der Waals surface area contributed by atoms with Gasteiger partial charge in [0.15, 0.2) is 0 Å². The van der Waals surface area contributed by atoms with E-state index in [1.54, 1.807) is 0 Å². The van der Waals surface area contributed by atoms with Gasteiger partial charge >= 0.3 is 6.85 Å². The smallest absolute Gasteiger partial charge is 0.333 e. The van der Waals surface area contributed by atoms with Crippen molar-refractivity contribution in [2.45, 2.75) is 131 Å². The molecule has 13 rings (SSSR count). The maximum Gasteiger partial charge on any atom is 0.333 e. The zero-order valence-electron chi connectivity index (χ0n) is 50.4. The molecule has 0 aromatic heterocycles. The molecule has 3 aliphatic rings. The maximum atomic E-state index is 2.73. The molecule has 83 heavy (non-hydrogen) atoms. The number of hydrogen-bond donors (Lipinski definition) is 0. The van der Waals surface area contributed by atoms with Crippen molar-refractivity contribution in [1.82, 2.24) is 0 Å². The summed E-state index contributed by atoms with van der Waals surface area (Å²) in [6.07, 6.45) is 0. The second kappa shape index (κ2) is 20.3. The van der Waals surface area contributed by atoms with Crippen LogP contribution in [0.2, 0.25) is 0 Å². The fraction of sp³-hybridized carbons (Fsp3) is 0.221. The fourth-order valence-electron chi connectivity index (χ4n) is 12.5. The minimum absolute atomic E-state index is 0.0139. The summed E-state index contributed by atoms with van der Waals surface area (Å²) in [5, 5.41) is 0. The summed E-state index contributed by atoms with van der Waals surface area (Å²) in [5.41, 5.74) is 25.5. The predicted molar refractivity (Wildman–Crippen MR) is 360 cm³/mol. The molecule has 0 saturated carbocycles. The Bertz CT molecular complexity index is 4080. The van der Waals surface area contributed by atoms with Crippen LogP contribution in [-0.2, 0) is 21.7 Å². The Balaban J connectivity index is 1.14. The first-order chi connectivity index (χ1) is 39.6. The Morgan fingerprint density at radius 3 is 1.39 bits per heavy atom. The van der Waals surface area contributed by atoms with Crippen LogP contribution in [0, 0.1) is 6.92 Å². The highest BCUT2D eigenvalue weighted by atomic mass is 32.2. The molecule has 412 valence electrons. The number of benzene rings is 10. The molecule has 0 radical (unpaired) electrons. The number of rotatable bonds is 7. The first-order valence-electron chi connectivity index (χ1n) is 29.5. The van der Waals surface area contributed by atoms with Crippen molar-refractivity contribution in [2.75, 3.05) is 14.6 Å². The van der Waals surface area contributed by atoms with Crippen molar-refractivity contribution in [3.05, 3.63) is 240 Å². The van der Waals surface area contributed by atoms with Crippen molar-refractivity contribution >= 4 is 86.8 Å². The Labute approximate surface area is 503 Å². The first-order valence-corrected chi connectivity index (χ1v) is 31.1. The average Bonchev–Trinajstić information content (AvgIpc) is 1.24. The van der Waals surface area contributed by atoms with E-state index in [0.717, 1.165) is 22.7 Å². The molecule has 0 N–H and O–H groups in total. The molecule has 3 heterocycles. The van der Waals surface area contributed by atoms with E-state index in [0.29, 0.717) is 0 Å². The zero-order valence-corrected chi connectivity index (χ0v) is 52.1. The third-order valence-corrected chi connectivity index (χ3v) is 19.8. The molecule has 0 fully saturated rings. The molecule has 10 aromatic rings. The maximum absolute atomic E-state index is 2.73. The highest BCUT2D eigenvalue weighted by molar-refractivity contribution is 8.05. The lowest BCUT2D eigenvalue weighted by molar-refractivity contribution is 0.589. The van der Waals surface area contributed by atoms with Crippen molar-refractivity contribution < 1.29 is 0 Å². The van der Waals surface area contributed by atoms with Crippen LogP contribution in [0.25, 0.3) is 33.4 Å². The lowest BCUT2D eigenvalue weighted by Gasteiger charge is -2.47. The van der Waals surface area contributed by atoms with E-state index in [1.807, 2.05) is 23.5 Å². The molecule has 0 amide bonds. The average molecular weight is 1120 g/mol. The van der Waals surface area contributed by atoms with Gasteiger partial charge in [-0.1, -0.05) is 228 Å². The summed E-state index contributed by atoms with van der Waals surface area (Å²) < 4.78 is 0. The third kappa shape index (κ3) is 9.90. The summed E-state index contributed by atoms with van der Waals surface area (Å²) in [5.74, 6) is 0. The summed E-state index contributed by atoms with van der Waals surface area (Å²) in [6, 6.07) is 81.5. The van der Waals surface area contributed by atoms with Crippen molar-refractivity contribution in [3.63, 3.8) is 0 Å². The molecule has 0 bridgehead atoms. The van der Waals surface area contributed by atoms with Gasteiger partial charge in [0.25, 0.3) is 0 Å². The largest absolute Gasteiger partial charge is 0.376 e. The molecule has 0 saturated heterocycles. The van der Waals surface area contributed by atoms with Gasteiger partial charge in [-0.15, -0.1) is 0 Å². The minimum atomic E-state index is -0.217. The van der Waals surface area contributed by atoms with Crippen LogP contribution in [0.1, 0.15) is 111 Å². The summed E-state index contributed by atoms with van der Waals surface area (Å²) >= 11 is 3.80. The van der Waals surface area contributed by atoms with Crippen LogP contribution >= 0.6 is 23.5 Å². The van der Waals surface area contributed by atoms with Crippen molar-refractivity contribution in [1.29, 1.82) is 0 Å². The summed E-state index contributed by atoms with van der Waals surface area (Å²) in [7, 11) is 0. The molecule has 0 unspecified atom stereocenters. The Morgan fingerprint density at radius 1 is 0.337 bits per heavy atom. The van der Waals surface area contributed by atoms with Crippen molar-refractivity contribution in [3.8, 4) is 33.4 Å². The van der Waals surface area contributed by atoms with E-state index < -0.39 is 0 Å². The van der Waals surface area contributed by atoms with Gasteiger partial charge in [-0.05, 0) is 181 Å². The van der Waals surface area contributed by atoms with Crippen LogP contribution in [0.3, 0.4) is 0 Å². The fourth-order valence-corrected chi connectivity index (χ4v) is 14.8. The molecule has 10 aromatic carbocycles. The zero-order chi connectivity index (χ0) is 57.9. The van der Waals surface area contributed by atoms with E-state index in [9.17, 15) is 0 Å². The quantitative estimate of drug-likeness (QED) is 0.147. The number of anilines is 8. The lowest BCUT2D eigenvalue weighted by atomic mass is 9.43. The topological polar surface area (TPSA) is 9.72 Å². The van der Waals surface area contributed by atoms with Gasteiger partial charge in [0.1, 0.15) is 0 Å². The van der Waals surface area contributed by atoms with Gasteiger partial charge < -0.3 is 14.6 Å². The van der Waals surface area contributed by atoms with Crippen LogP contribution in [-0.4, -0.2) is 6.85 Å². The Kier molecular flexibility index (Phi) is 13.4. The van der Waals surface area contributed by atoms with Crippen molar-refractivity contribution in [2.24, 2.45) is 0 Å². The van der Waals surface area contributed by atoms with E-state index in [2.05, 4.69) is 317 Å². The summed E-state index contributed by atoms with van der Waals surface area (Å²) in [4.78, 5) is 13.0. The van der Waals surface area contributed by atoms with E-state index in [1.165, 1.54) is 114 Å². The van der Waals surface area contributed by atoms with Gasteiger partial charge in [0.2, 0.25) is 0 Å². The van der Waals surface area contributed by atoms with Crippen LogP contribution in [0.4, 0.5) is 45.5 Å². The Hall–Kier alpha value is -7.64. The predicted octanol–water partition coefficient (Wildman–Crippen LogP) is 21.3. The SMILES string of the molecule is Cc1cc(C(C)(C)C)ccc1N1B2c3cc4c(cc3N(c3ccc(C(C)(C)C)cc3-c3ccccc3)c3cc(-c5ccccc5)cc(c32)-c2ccc(N(c3ccc(C(C)(C)C)cc3)c3ccc(C(C)(C)C)cc3)cc21)Sc1ccccc1S4. The van der Waals surface area contributed by atoms with Gasteiger partial charge in [0, 0.05) is 70.5 Å². The molecular formula is C77H74BN3S2. The highest BCUT2D eigenvalue weighted by Gasteiger charge is 2.47. The van der Waals surface area contributed by atoms with Crippen LogP contribution in [0.15, 0.2) is 232 Å². The normalized spacial score (nSPS) is 13.7. The standard InChI is InChI=1S/C77H74BN3S2/c1-49-42-55(76(8,9)10)32-40-64(49)81-66-46-59(79(57-34-28-53(29-35-57)74(2,3)4)58-36-30-54(31-37-58)75(5,6)7)38-39-60(66)62-43-52(50-22-16-14-17-23-50)44-68-73(62)78(81)63-47-71-72(83-70-27-21-20-26-69(70)82-71)48-67(63)80(68)65-41-33-56(77(11,12)13)45-61(65)51-24-18-15-19-25-51/h14-48H,1-13H3. The number of fused-ring (bicyclic) bond motifs is 6. The minimum Gasteiger partial charge on any atom is -0.376 e. The van der Waals surface area contributed by atoms with Crippen LogP contribution in [0.5, 0.6) is 0 Å². The lowest BCUT2D eigenvalue weighted by Crippen LogP contribution is -2.61.